The van der Waals surface area contributed by atoms with Crippen molar-refractivity contribution in [1.82, 2.24) is 0 Å². The van der Waals surface area contributed by atoms with Crippen LogP contribution in [-0.2, 0) is 4.79 Å². The topological polar surface area (TPSA) is 55.4 Å². The lowest BCUT2D eigenvalue weighted by molar-refractivity contribution is -0.118. The van der Waals surface area contributed by atoms with Crippen LogP contribution in [0.1, 0.15) is 41.3 Å². The molecular formula is C19H21NO3. The van der Waals surface area contributed by atoms with E-state index in [1.807, 2.05) is 25.1 Å². The van der Waals surface area contributed by atoms with E-state index in [0.29, 0.717) is 17.2 Å². The quantitative estimate of drug-likeness (QED) is 0.822. The fraction of sp³-hybridized carbons (Fsp3) is 0.263. The number of hydrogen-bond donors (Lipinski definition) is 1. The molecule has 23 heavy (non-hydrogen) atoms. The third kappa shape index (κ3) is 4.42. The Balaban J connectivity index is 2.01. The normalized spacial score (nSPS) is 10.4. The van der Waals surface area contributed by atoms with Crippen molar-refractivity contribution >= 4 is 17.9 Å². The Morgan fingerprint density at radius 1 is 1.17 bits per heavy atom. The highest BCUT2D eigenvalue weighted by Gasteiger charge is 2.12. The molecule has 0 unspecified atom stereocenters. The van der Waals surface area contributed by atoms with Gasteiger partial charge in [-0.15, -0.1) is 0 Å². The molecule has 0 aliphatic carbocycles. The molecule has 4 heteroatoms. The summed E-state index contributed by atoms with van der Waals surface area (Å²) in [6, 6.07) is 12.6. The van der Waals surface area contributed by atoms with Crippen LogP contribution in [0.5, 0.6) is 5.75 Å². The fourth-order valence-electron chi connectivity index (χ4n) is 2.31. The maximum atomic E-state index is 12.1. The number of carbonyl (C=O) groups is 2. The number of rotatable bonds is 6. The smallest absolute Gasteiger partial charge is 0.262 e. The SMILES string of the molecule is Cc1cccc(C(C)C)c1NC(=O)COc1ccc(C=O)cc1. The van der Waals surface area contributed by atoms with E-state index in [1.165, 1.54) is 0 Å². The highest BCUT2D eigenvalue weighted by molar-refractivity contribution is 5.93. The minimum Gasteiger partial charge on any atom is -0.484 e. The molecule has 0 heterocycles. The van der Waals surface area contributed by atoms with E-state index in [-0.39, 0.29) is 12.5 Å². The Morgan fingerprint density at radius 2 is 1.87 bits per heavy atom. The molecule has 2 rings (SSSR count). The highest BCUT2D eigenvalue weighted by atomic mass is 16.5. The van der Waals surface area contributed by atoms with Gasteiger partial charge < -0.3 is 10.1 Å². The first-order chi connectivity index (χ1) is 11.0. The maximum absolute atomic E-state index is 12.1. The van der Waals surface area contributed by atoms with Crippen molar-refractivity contribution in [2.75, 3.05) is 11.9 Å². The number of nitrogens with one attached hydrogen (secondary N) is 1. The van der Waals surface area contributed by atoms with Gasteiger partial charge in [-0.05, 0) is 48.2 Å². The van der Waals surface area contributed by atoms with Gasteiger partial charge in [0.25, 0.3) is 5.91 Å². The van der Waals surface area contributed by atoms with Gasteiger partial charge in [0.15, 0.2) is 6.61 Å². The second kappa shape index (κ2) is 7.58. The first-order valence-electron chi connectivity index (χ1n) is 7.58. The van der Waals surface area contributed by atoms with Crippen molar-refractivity contribution in [3.05, 3.63) is 59.2 Å². The number of ether oxygens (including phenoxy) is 1. The first kappa shape index (κ1) is 16.7. The van der Waals surface area contributed by atoms with Gasteiger partial charge in [-0.3, -0.25) is 9.59 Å². The Bertz CT molecular complexity index is 690. The van der Waals surface area contributed by atoms with Gasteiger partial charge in [0.2, 0.25) is 0 Å². The molecular weight excluding hydrogens is 290 g/mol. The predicted molar refractivity (Wildman–Crippen MR) is 91.2 cm³/mol. The second-order valence-electron chi connectivity index (χ2n) is 5.72. The van der Waals surface area contributed by atoms with Crippen molar-refractivity contribution in [2.24, 2.45) is 0 Å². The molecule has 0 aliphatic rings. The zero-order valence-corrected chi connectivity index (χ0v) is 13.6. The number of amides is 1. The highest BCUT2D eigenvalue weighted by Crippen LogP contribution is 2.27. The van der Waals surface area contributed by atoms with E-state index in [9.17, 15) is 9.59 Å². The fourth-order valence-corrected chi connectivity index (χ4v) is 2.31. The van der Waals surface area contributed by atoms with Crippen LogP contribution < -0.4 is 10.1 Å². The Hall–Kier alpha value is -2.62. The summed E-state index contributed by atoms with van der Waals surface area (Å²) in [6.45, 7) is 6.08. The predicted octanol–water partition coefficient (Wildman–Crippen LogP) is 3.95. The third-order valence-electron chi connectivity index (χ3n) is 3.58. The second-order valence-corrected chi connectivity index (χ2v) is 5.72. The third-order valence-corrected chi connectivity index (χ3v) is 3.58. The molecule has 120 valence electrons. The molecule has 0 aromatic heterocycles. The van der Waals surface area contributed by atoms with Crippen LogP contribution in [0, 0.1) is 6.92 Å². The van der Waals surface area contributed by atoms with E-state index in [2.05, 4.69) is 19.2 Å². The zero-order valence-electron chi connectivity index (χ0n) is 13.6. The molecule has 0 radical (unpaired) electrons. The van der Waals surface area contributed by atoms with Crippen LogP contribution >= 0.6 is 0 Å². The summed E-state index contributed by atoms with van der Waals surface area (Å²) < 4.78 is 5.45. The number of aryl methyl sites for hydroxylation is 1. The summed E-state index contributed by atoms with van der Waals surface area (Å²) in [5, 5.41) is 2.93. The number of anilines is 1. The summed E-state index contributed by atoms with van der Waals surface area (Å²) in [4.78, 5) is 22.7. The van der Waals surface area contributed by atoms with Crippen molar-refractivity contribution in [3.63, 3.8) is 0 Å². The van der Waals surface area contributed by atoms with Crippen LogP contribution in [0.25, 0.3) is 0 Å². The Labute approximate surface area is 136 Å². The molecule has 0 saturated carbocycles. The van der Waals surface area contributed by atoms with Gasteiger partial charge in [0.05, 0.1) is 0 Å². The van der Waals surface area contributed by atoms with Crippen molar-refractivity contribution in [3.8, 4) is 5.75 Å². The largest absolute Gasteiger partial charge is 0.484 e. The van der Waals surface area contributed by atoms with Crippen LogP contribution in [0.4, 0.5) is 5.69 Å². The average molecular weight is 311 g/mol. The minimum atomic E-state index is -0.208. The lowest BCUT2D eigenvalue weighted by Crippen LogP contribution is -2.21. The number of aldehydes is 1. The molecule has 1 amide bonds. The number of para-hydroxylation sites is 1. The molecule has 0 bridgehead atoms. The molecule has 2 aromatic rings. The van der Waals surface area contributed by atoms with Gasteiger partial charge in [-0.1, -0.05) is 32.0 Å². The minimum absolute atomic E-state index is 0.0771. The van der Waals surface area contributed by atoms with Gasteiger partial charge >= 0.3 is 0 Å². The molecule has 0 saturated heterocycles. The van der Waals surface area contributed by atoms with Crippen molar-refractivity contribution < 1.29 is 14.3 Å². The van der Waals surface area contributed by atoms with Crippen LogP contribution in [0.15, 0.2) is 42.5 Å². The van der Waals surface area contributed by atoms with Crippen LogP contribution in [-0.4, -0.2) is 18.8 Å². The number of benzene rings is 2. The number of hydrogen-bond acceptors (Lipinski definition) is 3. The Morgan fingerprint density at radius 3 is 2.48 bits per heavy atom. The number of carbonyl (C=O) groups excluding carboxylic acids is 2. The maximum Gasteiger partial charge on any atom is 0.262 e. The van der Waals surface area contributed by atoms with E-state index in [0.717, 1.165) is 23.1 Å². The van der Waals surface area contributed by atoms with Gasteiger partial charge in [-0.25, -0.2) is 0 Å². The average Bonchev–Trinajstić information content (AvgIpc) is 2.55. The standard InChI is InChI=1S/C19H21NO3/c1-13(2)17-6-4-5-14(3)19(17)20-18(22)12-23-16-9-7-15(11-21)8-10-16/h4-11,13H,12H2,1-3H3,(H,20,22). The summed E-state index contributed by atoms with van der Waals surface area (Å²) in [5.41, 5.74) is 3.56. The van der Waals surface area contributed by atoms with Gasteiger partial charge in [0.1, 0.15) is 12.0 Å². The van der Waals surface area contributed by atoms with Crippen molar-refractivity contribution in [2.45, 2.75) is 26.7 Å². The summed E-state index contributed by atoms with van der Waals surface area (Å²) in [5.74, 6) is 0.669. The van der Waals surface area contributed by atoms with E-state index in [1.54, 1.807) is 24.3 Å². The Kier molecular flexibility index (Phi) is 5.52. The van der Waals surface area contributed by atoms with Gasteiger partial charge in [0, 0.05) is 11.3 Å². The summed E-state index contributed by atoms with van der Waals surface area (Å²) >= 11 is 0. The summed E-state index contributed by atoms with van der Waals surface area (Å²) in [7, 11) is 0. The molecule has 4 nitrogen and oxygen atoms in total. The van der Waals surface area contributed by atoms with E-state index in [4.69, 9.17) is 4.74 Å². The lowest BCUT2D eigenvalue weighted by atomic mass is 9.98. The lowest BCUT2D eigenvalue weighted by Gasteiger charge is -2.16. The van der Waals surface area contributed by atoms with E-state index >= 15 is 0 Å². The van der Waals surface area contributed by atoms with E-state index < -0.39 is 0 Å². The van der Waals surface area contributed by atoms with Crippen LogP contribution in [0.2, 0.25) is 0 Å². The molecule has 0 spiro atoms. The first-order valence-corrected chi connectivity index (χ1v) is 7.58. The molecule has 0 aliphatic heterocycles. The molecule has 2 aromatic carbocycles. The zero-order chi connectivity index (χ0) is 16.8. The molecule has 1 N–H and O–H groups in total. The molecule has 0 atom stereocenters. The van der Waals surface area contributed by atoms with Crippen molar-refractivity contribution in [1.29, 1.82) is 0 Å². The molecule has 0 fully saturated rings. The van der Waals surface area contributed by atoms with Crippen LogP contribution in [0.3, 0.4) is 0 Å². The monoisotopic (exact) mass is 311 g/mol. The van der Waals surface area contributed by atoms with Gasteiger partial charge in [-0.2, -0.15) is 0 Å². The summed E-state index contributed by atoms with van der Waals surface area (Å²) in [6.07, 6.45) is 0.766.